The molecule has 5 N–H and O–H groups in total. The first-order valence-electron chi connectivity index (χ1n) is 7.82. The number of H-pyrrole nitrogens is 1. The van der Waals surface area contributed by atoms with Crippen LogP contribution in [0.5, 0.6) is 5.75 Å². The fourth-order valence-corrected chi connectivity index (χ4v) is 2.47. The monoisotopic (exact) mass is 319 g/mol. The van der Waals surface area contributed by atoms with Crippen molar-refractivity contribution in [2.24, 2.45) is 5.92 Å². The largest absolute Gasteiger partial charge is 0.491 e. The van der Waals surface area contributed by atoms with Crippen LogP contribution in [-0.4, -0.2) is 21.6 Å². The summed E-state index contributed by atoms with van der Waals surface area (Å²) in [6.07, 6.45) is 5.70. The Kier molecular flexibility index (Phi) is 3.47. The molecule has 0 unspecified atom stereocenters. The number of nitrogens with zero attached hydrogens (tertiary/aromatic N) is 2. The van der Waals surface area contributed by atoms with E-state index in [1.165, 1.54) is 19.2 Å². The first-order valence-corrected chi connectivity index (χ1v) is 7.82. The van der Waals surface area contributed by atoms with Crippen LogP contribution in [0.25, 0.3) is 11.0 Å². The molecule has 0 atom stereocenters. The molecule has 3 aromatic rings. The van der Waals surface area contributed by atoms with Crippen molar-refractivity contribution in [3.8, 4) is 17.6 Å². The van der Waals surface area contributed by atoms with E-state index in [1.807, 2.05) is 18.2 Å². The average molecular weight is 319 g/mol. The fourth-order valence-electron chi connectivity index (χ4n) is 2.47. The van der Waals surface area contributed by atoms with Crippen LogP contribution < -0.4 is 16.2 Å². The molecule has 1 aliphatic rings. The van der Waals surface area contributed by atoms with E-state index in [-0.39, 0.29) is 0 Å². The molecule has 0 aliphatic heterocycles. The van der Waals surface area contributed by atoms with Gasteiger partial charge in [-0.15, -0.1) is 0 Å². The molecule has 120 valence electrons. The Morgan fingerprint density at radius 2 is 2.08 bits per heavy atom. The van der Waals surface area contributed by atoms with Crippen LogP contribution in [0, 0.1) is 17.8 Å². The summed E-state index contributed by atoms with van der Waals surface area (Å²) in [6, 6.07) is 5.60. The van der Waals surface area contributed by atoms with Gasteiger partial charge in [-0.1, -0.05) is 11.8 Å². The maximum Gasteiger partial charge on any atom is 0.144 e. The molecule has 2 aromatic heterocycles. The quantitative estimate of drug-likeness (QED) is 0.508. The summed E-state index contributed by atoms with van der Waals surface area (Å²) in [7, 11) is 0. The van der Waals surface area contributed by atoms with Crippen molar-refractivity contribution in [2.45, 2.75) is 12.8 Å². The predicted molar refractivity (Wildman–Crippen MR) is 93.4 cm³/mol. The molecule has 1 fully saturated rings. The van der Waals surface area contributed by atoms with Crippen molar-refractivity contribution >= 4 is 22.5 Å². The Hall–Kier alpha value is -3.20. The number of benzene rings is 1. The van der Waals surface area contributed by atoms with E-state index in [9.17, 15) is 0 Å². The van der Waals surface area contributed by atoms with Crippen molar-refractivity contribution in [2.75, 3.05) is 18.1 Å². The van der Waals surface area contributed by atoms with E-state index in [2.05, 4.69) is 26.8 Å². The van der Waals surface area contributed by atoms with E-state index in [1.54, 1.807) is 6.20 Å². The van der Waals surface area contributed by atoms with Crippen molar-refractivity contribution in [3.63, 3.8) is 0 Å². The van der Waals surface area contributed by atoms with Crippen LogP contribution in [0.15, 0.2) is 30.7 Å². The van der Waals surface area contributed by atoms with Crippen molar-refractivity contribution in [3.05, 3.63) is 41.9 Å². The van der Waals surface area contributed by atoms with Gasteiger partial charge in [0.2, 0.25) is 0 Å². The molecular formula is C18H17N5O. The number of hydrogen-bond acceptors (Lipinski definition) is 5. The molecule has 1 saturated carbocycles. The third-order valence-electron chi connectivity index (χ3n) is 4.02. The summed E-state index contributed by atoms with van der Waals surface area (Å²) in [5.74, 6) is 8.01. The Labute approximate surface area is 139 Å². The second kappa shape index (κ2) is 5.78. The summed E-state index contributed by atoms with van der Waals surface area (Å²) in [5.41, 5.74) is 14.8. The number of rotatable bonds is 3. The molecule has 24 heavy (non-hydrogen) atoms. The number of nitrogen functional groups attached to an aromatic ring is 2. The van der Waals surface area contributed by atoms with Crippen LogP contribution in [0.1, 0.15) is 24.0 Å². The lowest BCUT2D eigenvalue weighted by atomic mass is 10.1. The van der Waals surface area contributed by atoms with Crippen LogP contribution in [-0.2, 0) is 0 Å². The Morgan fingerprint density at radius 3 is 2.88 bits per heavy atom. The minimum Gasteiger partial charge on any atom is -0.491 e. The van der Waals surface area contributed by atoms with Gasteiger partial charge in [0, 0.05) is 11.8 Å². The summed E-state index contributed by atoms with van der Waals surface area (Å²) in [5, 5.41) is 0.738. The number of aromatic amines is 1. The zero-order valence-corrected chi connectivity index (χ0v) is 13.0. The highest BCUT2D eigenvalue weighted by atomic mass is 16.5. The summed E-state index contributed by atoms with van der Waals surface area (Å²) < 4.78 is 5.73. The smallest absolute Gasteiger partial charge is 0.144 e. The van der Waals surface area contributed by atoms with Gasteiger partial charge in [0.05, 0.1) is 23.2 Å². The third kappa shape index (κ3) is 2.84. The average Bonchev–Trinajstić information content (AvgIpc) is 3.31. The van der Waals surface area contributed by atoms with Gasteiger partial charge in [0.15, 0.2) is 0 Å². The first kappa shape index (κ1) is 14.4. The zero-order valence-electron chi connectivity index (χ0n) is 13.0. The number of nitrogens with two attached hydrogens (primary N) is 2. The van der Waals surface area contributed by atoms with Gasteiger partial charge in [-0.05, 0) is 37.0 Å². The Bertz CT molecular complexity index is 962. The molecule has 0 bridgehead atoms. The lowest BCUT2D eigenvalue weighted by molar-refractivity contribution is 0.301. The lowest BCUT2D eigenvalue weighted by Gasteiger charge is -2.08. The molecule has 1 aromatic carbocycles. The summed E-state index contributed by atoms with van der Waals surface area (Å²) >= 11 is 0. The van der Waals surface area contributed by atoms with E-state index >= 15 is 0 Å². The van der Waals surface area contributed by atoms with Crippen molar-refractivity contribution in [1.29, 1.82) is 0 Å². The van der Waals surface area contributed by atoms with E-state index in [4.69, 9.17) is 16.2 Å². The number of fused-ring (bicyclic) bond motifs is 1. The number of aromatic nitrogens is 3. The minimum atomic E-state index is 0.411. The fraction of sp³-hybridized carbons (Fsp3) is 0.222. The standard InChI is InChI=1S/C18H17N5O/c19-14-7-11(4-6-15(14)24-9-12-1-2-12)3-5-13-8-21-18-16(13)17(20)22-10-23-18/h4,6-8,10,12H,1-2,9,19H2,(H3,20,21,22,23). The van der Waals surface area contributed by atoms with Gasteiger partial charge >= 0.3 is 0 Å². The molecule has 1 aliphatic carbocycles. The van der Waals surface area contributed by atoms with E-state index in [0.29, 0.717) is 23.1 Å². The molecule has 2 heterocycles. The van der Waals surface area contributed by atoms with Crippen LogP contribution in [0.3, 0.4) is 0 Å². The number of anilines is 2. The molecule has 0 radical (unpaired) electrons. The highest BCUT2D eigenvalue weighted by molar-refractivity contribution is 5.91. The van der Waals surface area contributed by atoms with Crippen LogP contribution in [0.2, 0.25) is 0 Å². The van der Waals surface area contributed by atoms with Gasteiger partial charge in [0.1, 0.15) is 23.5 Å². The van der Waals surface area contributed by atoms with Crippen LogP contribution >= 0.6 is 0 Å². The molecule has 0 saturated heterocycles. The number of hydrogen-bond donors (Lipinski definition) is 3. The maximum atomic E-state index is 6.05. The van der Waals surface area contributed by atoms with Gasteiger partial charge in [-0.3, -0.25) is 0 Å². The number of ether oxygens (including phenoxy) is 1. The minimum absolute atomic E-state index is 0.411. The SMILES string of the molecule is Nc1cc(C#Cc2c[nH]c3ncnc(N)c23)ccc1OCC1CC1. The predicted octanol–water partition coefficient (Wildman–Crippen LogP) is 2.31. The van der Waals surface area contributed by atoms with Gasteiger partial charge < -0.3 is 21.2 Å². The topological polar surface area (TPSA) is 103 Å². The Balaban J connectivity index is 1.58. The molecule has 0 spiro atoms. The Morgan fingerprint density at radius 1 is 1.21 bits per heavy atom. The molecule has 6 heteroatoms. The molecule has 0 amide bonds. The summed E-state index contributed by atoms with van der Waals surface area (Å²) in [6.45, 7) is 0.740. The normalized spacial score (nSPS) is 13.5. The lowest BCUT2D eigenvalue weighted by Crippen LogP contribution is -2.01. The van der Waals surface area contributed by atoms with E-state index in [0.717, 1.165) is 28.9 Å². The molecule has 4 rings (SSSR count). The second-order valence-electron chi connectivity index (χ2n) is 5.94. The van der Waals surface area contributed by atoms with Gasteiger partial charge in [-0.2, -0.15) is 0 Å². The maximum absolute atomic E-state index is 6.05. The van der Waals surface area contributed by atoms with Crippen molar-refractivity contribution < 1.29 is 4.74 Å². The van der Waals surface area contributed by atoms with Gasteiger partial charge in [0.25, 0.3) is 0 Å². The molecular weight excluding hydrogens is 302 g/mol. The number of nitrogens with one attached hydrogen (secondary N) is 1. The highest BCUT2D eigenvalue weighted by Gasteiger charge is 2.22. The second-order valence-corrected chi connectivity index (χ2v) is 5.94. The highest BCUT2D eigenvalue weighted by Crippen LogP contribution is 2.31. The molecule has 6 nitrogen and oxygen atoms in total. The summed E-state index contributed by atoms with van der Waals surface area (Å²) in [4.78, 5) is 11.2. The van der Waals surface area contributed by atoms with E-state index < -0.39 is 0 Å². The van der Waals surface area contributed by atoms with Gasteiger partial charge in [-0.25, -0.2) is 9.97 Å². The zero-order chi connectivity index (χ0) is 16.5. The third-order valence-corrected chi connectivity index (χ3v) is 4.02. The van der Waals surface area contributed by atoms with Crippen molar-refractivity contribution in [1.82, 2.24) is 15.0 Å². The first-order chi connectivity index (χ1) is 11.7. The van der Waals surface area contributed by atoms with Crippen LogP contribution in [0.4, 0.5) is 11.5 Å².